The van der Waals surface area contributed by atoms with E-state index >= 15 is 0 Å². The number of benzene rings is 1. The first-order valence-corrected chi connectivity index (χ1v) is 6.93. The minimum Gasteiger partial charge on any atom is -0.497 e. The fourth-order valence-electron chi connectivity index (χ4n) is 1.63. The molecule has 0 radical (unpaired) electrons. The van der Waals surface area contributed by atoms with Crippen molar-refractivity contribution in [1.29, 1.82) is 0 Å². The quantitative estimate of drug-likeness (QED) is 0.619. The highest BCUT2D eigenvalue weighted by atomic mass is 32.1. The van der Waals surface area contributed by atoms with Crippen molar-refractivity contribution in [3.05, 3.63) is 34.0 Å². The van der Waals surface area contributed by atoms with Crippen molar-refractivity contribution in [2.75, 3.05) is 19.0 Å². The first-order valence-electron chi connectivity index (χ1n) is 6.16. The number of nitro benzene ring substituents is 1. The number of aromatic nitrogens is 2. The van der Waals surface area contributed by atoms with Gasteiger partial charge >= 0.3 is 5.69 Å². The van der Waals surface area contributed by atoms with E-state index in [9.17, 15) is 10.1 Å². The summed E-state index contributed by atoms with van der Waals surface area (Å²) < 4.78 is 14.4. The second kappa shape index (κ2) is 6.84. The van der Waals surface area contributed by atoms with Crippen molar-refractivity contribution < 1.29 is 14.4 Å². The van der Waals surface area contributed by atoms with Crippen molar-refractivity contribution in [3.63, 3.8) is 0 Å². The molecule has 2 aromatic rings. The predicted octanol–water partition coefficient (Wildman–Crippen LogP) is 2.47. The van der Waals surface area contributed by atoms with Crippen LogP contribution in [0.2, 0.25) is 0 Å². The van der Waals surface area contributed by atoms with Gasteiger partial charge in [0, 0.05) is 30.2 Å². The Balaban J connectivity index is 2.18. The van der Waals surface area contributed by atoms with E-state index in [0.717, 1.165) is 11.5 Å². The Hall–Kier alpha value is -2.42. The number of hydrogen-bond acceptors (Lipinski definition) is 8. The first-order chi connectivity index (χ1) is 10.2. The van der Waals surface area contributed by atoms with Gasteiger partial charge in [-0.2, -0.15) is 0 Å². The van der Waals surface area contributed by atoms with Crippen LogP contribution in [0.15, 0.2) is 18.2 Å². The lowest BCUT2D eigenvalue weighted by Gasteiger charge is -2.08. The number of nitro groups is 1. The molecule has 0 unspecified atom stereocenters. The van der Waals surface area contributed by atoms with Crippen LogP contribution in [0.4, 0.5) is 10.7 Å². The summed E-state index contributed by atoms with van der Waals surface area (Å²) in [6.45, 7) is 2.78. The largest absolute Gasteiger partial charge is 0.497 e. The maximum absolute atomic E-state index is 11.0. The monoisotopic (exact) mass is 310 g/mol. The molecule has 0 saturated carbocycles. The van der Waals surface area contributed by atoms with Gasteiger partial charge in [0.05, 0.1) is 12.0 Å². The lowest BCUT2D eigenvalue weighted by molar-refractivity contribution is -0.386. The molecule has 2 rings (SSSR count). The Bertz CT molecular complexity index is 631. The third kappa shape index (κ3) is 3.57. The number of anilines is 1. The molecule has 1 aromatic heterocycles. The molecule has 21 heavy (non-hydrogen) atoms. The molecular weight excluding hydrogens is 296 g/mol. The molecule has 9 heteroatoms. The average molecular weight is 310 g/mol. The topological polar surface area (TPSA) is 99.4 Å². The maximum Gasteiger partial charge on any atom is 0.311 e. The van der Waals surface area contributed by atoms with E-state index in [1.165, 1.54) is 36.8 Å². The highest BCUT2D eigenvalue weighted by Crippen LogP contribution is 2.32. The molecule has 0 amide bonds. The van der Waals surface area contributed by atoms with Crippen molar-refractivity contribution in [3.8, 4) is 11.5 Å². The lowest BCUT2D eigenvalue weighted by atomic mass is 10.3. The van der Waals surface area contributed by atoms with Gasteiger partial charge in [-0.15, -0.1) is 5.10 Å². The fraction of sp³-hybridized carbons (Fsp3) is 0.333. The zero-order valence-electron chi connectivity index (χ0n) is 11.5. The molecule has 0 fully saturated rings. The second-order valence-corrected chi connectivity index (χ2v) is 4.71. The van der Waals surface area contributed by atoms with Gasteiger partial charge in [-0.25, -0.2) is 0 Å². The number of nitrogens with zero attached hydrogens (tertiary/aromatic N) is 3. The van der Waals surface area contributed by atoms with Crippen LogP contribution in [0.1, 0.15) is 12.6 Å². The van der Waals surface area contributed by atoms with E-state index in [1.54, 1.807) is 0 Å². The van der Waals surface area contributed by atoms with Crippen molar-refractivity contribution in [2.24, 2.45) is 0 Å². The van der Waals surface area contributed by atoms with Gasteiger partial charge in [-0.3, -0.25) is 10.1 Å². The maximum atomic E-state index is 11.0. The van der Waals surface area contributed by atoms with Crippen LogP contribution >= 0.6 is 11.5 Å². The summed E-state index contributed by atoms with van der Waals surface area (Å²) in [5, 5.41) is 18.8. The number of nitrogens with one attached hydrogen (secondary N) is 1. The zero-order valence-corrected chi connectivity index (χ0v) is 12.3. The van der Waals surface area contributed by atoms with Crippen molar-refractivity contribution in [1.82, 2.24) is 9.59 Å². The van der Waals surface area contributed by atoms with Gasteiger partial charge in [0.2, 0.25) is 5.75 Å². The summed E-state index contributed by atoms with van der Waals surface area (Å²) in [6.07, 6.45) is 0. The Morgan fingerprint density at radius 3 is 2.95 bits per heavy atom. The Morgan fingerprint density at radius 2 is 2.29 bits per heavy atom. The normalized spacial score (nSPS) is 10.2. The minimum atomic E-state index is -0.501. The molecule has 0 spiro atoms. The number of rotatable bonds is 7. The zero-order chi connectivity index (χ0) is 15.2. The highest BCUT2D eigenvalue weighted by molar-refractivity contribution is 7.10. The van der Waals surface area contributed by atoms with Crippen molar-refractivity contribution in [2.45, 2.75) is 13.5 Å². The van der Waals surface area contributed by atoms with Crippen LogP contribution < -0.4 is 14.8 Å². The van der Waals surface area contributed by atoms with E-state index < -0.39 is 4.92 Å². The molecule has 8 nitrogen and oxygen atoms in total. The highest BCUT2D eigenvalue weighted by Gasteiger charge is 2.17. The third-order valence-electron chi connectivity index (χ3n) is 2.62. The Kier molecular flexibility index (Phi) is 4.88. The molecule has 0 aliphatic heterocycles. The number of hydrogen-bond donors (Lipinski definition) is 1. The van der Waals surface area contributed by atoms with Gasteiger partial charge in [-0.1, -0.05) is 4.49 Å². The van der Waals surface area contributed by atoms with Crippen molar-refractivity contribution >= 4 is 22.2 Å². The predicted molar refractivity (Wildman–Crippen MR) is 78.1 cm³/mol. The molecule has 0 atom stereocenters. The van der Waals surface area contributed by atoms with Gasteiger partial charge in [0.25, 0.3) is 0 Å². The van der Waals surface area contributed by atoms with Crippen LogP contribution in [0, 0.1) is 10.1 Å². The molecule has 1 aromatic carbocycles. The van der Waals surface area contributed by atoms with Gasteiger partial charge in [0.15, 0.2) is 0 Å². The average Bonchev–Trinajstić information content (AvgIpc) is 2.92. The fourth-order valence-corrected chi connectivity index (χ4v) is 2.27. The molecule has 1 N–H and O–H groups in total. The first kappa shape index (κ1) is 15.0. The van der Waals surface area contributed by atoms with Crippen LogP contribution in [-0.4, -0.2) is 28.2 Å². The number of methoxy groups -OCH3 is 1. The summed E-state index contributed by atoms with van der Waals surface area (Å²) >= 11 is 1.22. The van der Waals surface area contributed by atoms with E-state index in [2.05, 4.69) is 14.9 Å². The lowest BCUT2D eigenvalue weighted by Crippen LogP contribution is -2.03. The molecule has 112 valence electrons. The summed E-state index contributed by atoms with van der Waals surface area (Å²) in [5.41, 5.74) is 0.489. The van der Waals surface area contributed by atoms with Crippen LogP contribution in [0.25, 0.3) is 0 Å². The third-order valence-corrected chi connectivity index (χ3v) is 3.35. The Morgan fingerprint density at radius 1 is 1.48 bits per heavy atom. The SMILES string of the molecule is CCNc1snnc1COc1cc(OC)ccc1[N+](=O)[O-]. The molecule has 0 bridgehead atoms. The van der Waals surface area contributed by atoms with E-state index in [0.29, 0.717) is 11.4 Å². The molecule has 1 heterocycles. The number of ether oxygens (including phenoxy) is 2. The van der Waals surface area contributed by atoms with E-state index in [-0.39, 0.29) is 18.0 Å². The van der Waals surface area contributed by atoms with Crippen LogP contribution in [0.5, 0.6) is 11.5 Å². The molecule has 0 aliphatic rings. The summed E-state index contributed by atoms with van der Waals surface area (Å²) in [4.78, 5) is 10.5. The standard InChI is InChI=1S/C12H14N4O4S/c1-3-13-12-9(14-15-21-12)7-20-11-6-8(19-2)4-5-10(11)16(17)18/h4-6,13H,3,7H2,1-2H3. The van der Waals surface area contributed by atoms with Crippen LogP contribution in [-0.2, 0) is 6.61 Å². The summed E-state index contributed by atoms with van der Waals surface area (Å²) in [5.74, 6) is 0.619. The smallest absolute Gasteiger partial charge is 0.311 e. The summed E-state index contributed by atoms with van der Waals surface area (Å²) in [6, 6.07) is 4.34. The summed E-state index contributed by atoms with van der Waals surface area (Å²) in [7, 11) is 1.48. The second-order valence-electron chi connectivity index (χ2n) is 3.96. The van der Waals surface area contributed by atoms with Gasteiger partial charge in [-0.05, 0) is 13.0 Å². The van der Waals surface area contributed by atoms with Gasteiger partial charge in [0.1, 0.15) is 23.1 Å². The molecule has 0 aliphatic carbocycles. The van der Waals surface area contributed by atoms with E-state index in [4.69, 9.17) is 9.47 Å². The Labute approximate surface area is 125 Å². The van der Waals surface area contributed by atoms with Gasteiger partial charge < -0.3 is 14.8 Å². The van der Waals surface area contributed by atoms with E-state index in [1.807, 2.05) is 6.92 Å². The minimum absolute atomic E-state index is 0.0901. The van der Waals surface area contributed by atoms with Crippen LogP contribution in [0.3, 0.4) is 0 Å². The molecule has 0 saturated heterocycles. The molecular formula is C12H14N4O4S.